The second kappa shape index (κ2) is 5.50. The molecule has 0 bridgehead atoms. The lowest BCUT2D eigenvalue weighted by Crippen LogP contribution is -2.15. The van der Waals surface area contributed by atoms with Crippen molar-refractivity contribution in [2.45, 2.75) is 11.8 Å². The van der Waals surface area contributed by atoms with Gasteiger partial charge in [0, 0.05) is 0 Å². The van der Waals surface area contributed by atoms with Gasteiger partial charge in [0.1, 0.15) is 16.5 Å². The number of rotatable bonds is 3. The summed E-state index contributed by atoms with van der Waals surface area (Å²) in [6.07, 6.45) is 0. The lowest BCUT2D eigenvalue weighted by Gasteiger charge is -2.11. The van der Waals surface area contributed by atoms with Crippen LogP contribution in [0.2, 0.25) is 0 Å². The number of nitriles is 1. The quantitative estimate of drug-likeness (QED) is 0.947. The van der Waals surface area contributed by atoms with Gasteiger partial charge in [-0.15, -0.1) is 0 Å². The van der Waals surface area contributed by atoms with Gasteiger partial charge < -0.3 is 0 Å². The van der Waals surface area contributed by atoms with Crippen LogP contribution in [0.5, 0.6) is 0 Å². The maximum Gasteiger partial charge on any atom is 0.264 e. The van der Waals surface area contributed by atoms with Crippen LogP contribution in [0.3, 0.4) is 0 Å². The monoisotopic (exact) mass is 308 g/mol. The van der Waals surface area contributed by atoms with Crippen molar-refractivity contribution in [1.82, 2.24) is 0 Å². The van der Waals surface area contributed by atoms with Crippen LogP contribution in [0.25, 0.3) is 0 Å². The van der Waals surface area contributed by atoms with Crippen LogP contribution in [0.4, 0.5) is 14.5 Å². The van der Waals surface area contributed by atoms with Crippen molar-refractivity contribution in [3.63, 3.8) is 0 Å². The first-order valence-corrected chi connectivity index (χ1v) is 7.30. The molecule has 1 N–H and O–H groups in total. The summed E-state index contributed by atoms with van der Waals surface area (Å²) >= 11 is 0. The van der Waals surface area contributed by atoms with E-state index in [4.69, 9.17) is 5.26 Å². The summed E-state index contributed by atoms with van der Waals surface area (Å²) in [5.41, 5.74) is 0.935. The third-order valence-corrected chi connectivity index (χ3v) is 4.17. The number of benzene rings is 2. The lowest BCUT2D eigenvalue weighted by molar-refractivity contribution is 0.555. The largest absolute Gasteiger partial charge is 0.279 e. The fourth-order valence-corrected chi connectivity index (χ4v) is 2.90. The van der Waals surface area contributed by atoms with E-state index < -0.39 is 26.6 Å². The van der Waals surface area contributed by atoms with Crippen LogP contribution in [0.15, 0.2) is 41.3 Å². The zero-order valence-corrected chi connectivity index (χ0v) is 11.7. The zero-order valence-electron chi connectivity index (χ0n) is 10.9. The standard InChI is InChI=1S/C14H10F2N2O2S/c1-9-2-3-10(8-17)6-13(9)18-21(19,20)14-7-11(15)4-5-12(14)16/h2-7,18H,1H3. The molecule has 0 radical (unpaired) electrons. The van der Waals surface area contributed by atoms with E-state index in [-0.39, 0.29) is 11.3 Å². The lowest BCUT2D eigenvalue weighted by atomic mass is 10.1. The number of sulfonamides is 1. The van der Waals surface area contributed by atoms with Gasteiger partial charge in [-0.3, -0.25) is 4.72 Å². The molecule has 7 heteroatoms. The van der Waals surface area contributed by atoms with E-state index in [0.29, 0.717) is 11.6 Å². The third kappa shape index (κ3) is 3.17. The van der Waals surface area contributed by atoms with E-state index >= 15 is 0 Å². The number of anilines is 1. The third-order valence-electron chi connectivity index (χ3n) is 2.79. The average molecular weight is 308 g/mol. The number of aryl methyl sites for hydroxylation is 1. The topological polar surface area (TPSA) is 70.0 Å². The van der Waals surface area contributed by atoms with E-state index in [1.54, 1.807) is 13.0 Å². The SMILES string of the molecule is Cc1ccc(C#N)cc1NS(=O)(=O)c1cc(F)ccc1F. The molecular formula is C14H10F2N2O2S. The van der Waals surface area contributed by atoms with Crippen molar-refractivity contribution in [3.8, 4) is 6.07 Å². The molecule has 0 spiro atoms. The van der Waals surface area contributed by atoms with Crippen LogP contribution in [-0.2, 0) is 10.0 Å². The predicted octanol–water partition coefficient (Wildman–Crippen LogP) is 2.95. The van der Waals surface area contributed by atoms with Crippen LogP contribution in [0.1, 0.15) is 11.1 Å². The summed E-state index contributed by atoms with van der Waals surface area (Å²) < 4.78 is 53.1. The van der Waals surface area contributed by atoms with Crippen LogP contribution in [-0.4, -0.2) is 8.42 Å². The van der Waals surface area contributed by atoms with Crippen LogP contribution >= 0.6 is 0 Å². The maximum atomic E-state index is 13.6. The molecule has 21 heavy (non-hydrogen) atoms. The Kier molecular flexibility index (Phi) is 3.91. The van der Waals surface area contributed by atoms with Gasteiger partial charge in [0.15, 0.2) is 0 Å². The molecule has 0 atom stereocenters. The molecule has 2 aromatic carbocycles. The Bertz CT molecular complexity index is 843. The molecule has 2 rings (SSSR count). The molecule has 0 unspecified atom stereocenters. The van der Waals surface area contributed by atoms with Gasteiger partial charge in [0.05, 0.1) is 17.3 Å². The molecule has 0 saturated heterocycles. The molecule has 0 aliphatic heterocycles. The highest BCUT2D eigenvalue weighted by atomic mass is 32.2. The Labute approximate surface area is 120 Å². The highest BCUT2D eigenvalue weighted by Gasteiger charge is 2.21. The highest BCUT2D eigenvalue weighted by molar-refractivity contribution is 7.92. The number of nitrogens with one attached hydrogen (secondary N) is 1. The molecular weight excluding hydrogens is 298 g/mol. The average Bonchev–Trinajstić information content (AvgIpc) is 2.43. The van der Waals surface area contributed by atoms with Crippen LogP contribution < -0.4 is 4.72 Å². The molecule has 0 saturated carbocycles. The fourth-order valence-electron chi connectivity index (χ4n) is 1.68. The minimum absolute atomic E-state index is 0.137. The Balaban J connectivity index is 2.47. The summed E-state index contributed by atoms with van der Waals surface area (Å²) in [6.45, 7) is 1.63. The molecule has 2 aromatic rings. The molecule has 0 aromatic heterocycles. The van der Waals surface area contributed by atoms with Gasteiger partial charge in [-0.1, -0.05) is 6.07 Å². The van der Waals surface area contributed by atoms with Gasteiger partial charge in [0.25, 0.3) is 10.0 Å². The first-order valence-electron chi connectivity index (χ1n) is 5.82. The van der Waals surface area contributed by atoms with Crippen molar-refractivity contribution in [2.24, 2.45) is 0 Å². The van der Waals surface area contributed by atoms with E-state index in [9.17, 15) is 17.2 Å². The van der Waals surface area contributed by atoms with Gasteiger partial charge in [-0.25, -0.2) is 17.2 Å². The smallest absolute Gasteiger partial charge is 0.264 e. The van der Waals surface area contributed by atoms with Crippen molar-refractivity contribution < 1.29 is 17.2 Å². The summed E-state index contributed by atoms with van der Waals surface area (Å²) in [5.74, 6) is -1.92. The second-order valence-corrected chi connectivity index (χ2v) is 5.97. The number of hydrogen-bond donors (Lipinski definition) is 1. The summed E-state index contributed by atoms with van der Waals surface area (Å²) in [6, 6.07) is 8.44. The van der Waals surface area contributed by atoms with Gasteiger partial charge >= 0.3 is 0 Å². The van der Waals surface area contributed by atoms with Crippen molar-refractivity contribution in [1.29, 1.82) is 5.26 Å². The molecule has 4 nitrogen and oxygen atoms in total. The van der Waals surface area contributed by atoms with Crippen LogP contribution in [0, 0.1) is 29.9 Å². The Hall–Kier alpha value is -2.46. The zero-order chi connectivity index (χ0) is 15.6. The second-order valence-electron chi connectivity index (χ2n) is 4.32. The van der Waals surface area contributed by atoms with E-state index in [0.717, 1.165) is 12.1 Å². The van der Waals surface area contributed by atoms with E-state index in [2.05, 4.69) is 4.72 Å². The Morgan fingerprint density at radius 2 is 1.86 bits per heavy atom. The number of nitrogens with zero attached hydrogens (tertiary/aromatic N) is 1. The van der Waals surface area contributed by atoms with Crippen molar-refractivity contribution in [2.75, 3.05) is 4.72 Å². The first-order chi connectivity index (χ1) is 9.83. The fraction of sp³-hybridized carbons (Fsp3) is 0.0714. The molecule has 0 fully saturated rings. The minimum atomic E-state index is -4.29. The summed E-state index contributed by atoms with van der Waals surface area (Å²) in [7, 11) is -4.29. The Morgan fingerprint density at radius 3 is 2.52 bits per heavy atom. The van der Waals surface area contributed by atoms with E-state index in [1.165, 1.54) is 12.1 Å². The predicted molar refractivity (Wildman–Crippen MR) is 73.1 cm³/mol. The maximum absolute atomic E-state index is 13.6. The van der Waals surface area contributed by atoms with Crippen molar-refractivity contribution >= 4 is 15.7 Å². The summed E-state index contributed by atoms with van der Waals surface area (Å²) in [5, 5.41) is 8.81. The minimum Gasteiger partial charge on any atom is -0.279 e. The first kappa shape index (κ1) is 14.9. The number of halogens is 2. The highest BCUT2D eigenvalue weighted by Crippen LogP contribution is 2.23. The molecule has 0 aliphatic carbocycles. The summed E-state index contributed by atoms with van der Waals surface area (Å²) in [4.78, 5) is -0.788. The Morgan fingerprint density at radius 1 is 1.14 bits per heavy atom. The molecule has 0 aliphatic rings. The number of hydrogen-bond acceptors (Lipinski definition) is 3. The van der Waals surface area contributed by atoms with Crippen molar-refractivity contribution in [3.05, 3.63) is 59.2 Å². The van der Waals surface area contributed by atoms with Gasteiger partial charge in [-0.2, -0.15) is 5.26 Å². The van der Waals surface area contributed by atoms with Gasteiger partial charge in [-0.05, 0) is 42.8 Å². The normalized spacial score (nSPS) is 11.0. The molecule has 108 valence electrons. The molecule has 0 heterocycles. The molecule has 0 amide bonds. The van der Waals surface area contributed by atoms with Gasteiger partial charge in [0.2, 0.25) is 0 Å². The van der Waals surface area contributed by atoms with E-state index in [1.807, 2.05) is 6.07 Å².